The molecular formula is C14H16F3N5O. The van der Waals surface area contributed by atoms with E-state index in [-0.39, 0.29) is 24.9 Å². The Bertz CT molecular complexity index is 714. The number of fused-ring (bicyclic) bond motifs is 1. The zero-order chi connectivity index (χ0) is 16.6. The van der Waals surface area contributed by atoms with Crippen LogP contribution in [0.1, 0.15) is 23.2 Å². The molecule has 1 amide bonds. The van der Waals surface area contributed by atoms with Crippen LogP contribution in [0.2, 0.25) is 0 Å². The predicted octanol–water partition coefficient (Wildman–Crippen LogP) is 1.48. The van der Waals surface area contributed by atoms with E-state index in [2.05, 4.69) is 15.5 Å². The number of rotatable bonds is 2. The maximum Gasteiger partial charge on any atom is 0.404 e. The fraction of sp³-hybridized carbons (Fsp3) is 0.500. The summed E-state index contributed by atoms with van der Waals surface area (Å²) in [5, 5.41) is 10.4. The molecule has 0 aliphatic carbocycles. The molecule has 1 saturated heterocycles. The number of hydrogen-bond donors (Lipinski definition) is 1. The van der Waals surface area contributed by atoms with E-state index in [1.807, 2.05) is 0 Å². The Morgan fingerprint density at radius 2 is 2.13 bits per heavy atom. The summed E-state index contributed by atoms with van der Waals surface area (Å²) in [5.41, 5.74) is 1.03. The van der Waals surface area contributed by atoms with E-state index < -0.39 is 12.2 Å². The maximum absolute atomic E-state index is 12.8. The van der Waals surface area contributed by atoms with Crippen molar-refractivity contribution in [2.75, 3.05) is 13.6 Å². The molecule has 2 aromatic heterocycles. The smallest absolute Gasteiger partial charge is 0.348 e. The zero-order valence-corrected chi connectivity index (χ0v) is 12.4. The average molecular weight is 327 g/mol. The van der Waals surface area contributed by atoms with Crippen molar-refractivity contribution in [1.82, 2.24) is 24.8 Å². The lowest BCUT2D eigenvalue weighted by molar-refractivity contribution is -0.188. The molecule has 0 spiro atoms. The number of hydrogen-bond acceptors (Lipinski definition) is 4. The topological polar surface area (TPSA) is 62.5 Å². The van der Waals surface area contributed by atoms with E-state index in [9.17, 15) is 18.0 Å². The van der Waals surface area contributed by atoms with Gasteiger partial charge in [0.1, 0.15) is 12.4 Å². The van der Waals surface area contributed by atoms with Crippen molar-refractivity contribution < 1.29 is 18.0 Å². The van der Waals surface area contributed by atoms with Crippen molar-refractivity contribution in [2.45, 2.75) is 31.1 Å². The number of halogens is 3. The zero-order valence-electron chi connectivity index (χ0n) is 12.4. The van der Waals surface area contributed by atoms with Gasteiger partial charge in [0.25, 0.3) is 5.91 Å². The molecule has 0 radical (unpaired) electrons. The summed E-state index contributed by atoms with van der Waals surface area (Å²) >= 11 is 0. The van der Waals surface area contributed by atoms with Crippen LogP contribution >= 0.6 is 0 Å². The van der Waals surface area contributed by atoms with Crippen LogP contribution in [0.15, 0.2) is 24.7 Å². The molecule has 2 aromatic rings. The second kappa shape index (κ2) is 5.80. The molecule has 124 valence electrons. The largest absolute Gasteiger partial charge is 0.404 e. The number of alkyl halides is 3. The lowest BCUT2D eigenvalue weighted by Gasteiger charge is -2.38. The van der Waals surface area contributed by atoms with Gasteiger partial charge in [0, 0.05) is 18.8 Å². The second-order valence-electron chi connectivity index (χ2n) is 5.76. The highest BCUT2D eigenvalue weighted by Crippen LogP contribution is 2.30. The van der Waals surface area contributed by atoms with Crippen molar-refractivity contribution in [3.05, 3.63) is 30.2 Å². The third kappa shape index (κ3) is 3.29. The Hall–Kier alpha value is -2.16. The standard InChI is InChI=1S/C14H16F3N5O/c1-21-7-10(3-4-11(21)14(15,16)17)19-13(23)9-2-5-12-20-18-8-22(12)6-9/h2,5-6,8,10-11H,3-4,7H2,1H3,(H,19,23)/t10-,11-/m1/s1. The minimum Gasteiger partial charge on any atom is -0.348 e. The van der Waals surface area contributed by atoms with Crippen molar-refractivity contribution in [3.8, 4) is 0 Å². The van der Waals surface area contributed by atoms with Crippen LogP contribution in [-0.4, -0.2) is 57.3 Å². The first-order chi connectivity index (χ1) is 10.8. The molecule has 9 heteroatoms. The second-order valence-corrected chi connectivity index (χ2v) is 5.76. The van der Waals surface area contributed by atoms with Gasteiger partial charge in [-0.3, -0.25) is 14.1 Å². The molecule has 2 atom stereocenters. The van der Waals surface area contributed by atoms with Crippen LogP contribution in [0.4, 0.5) is 13.2 Å². The number of nitrogens with one attached hydrogen (secondary N) is 1. The van der Waals surface area contributed by atoms with Crippen LogP contribution in [0.3, 0.4) is 0 Å². The summed E-state index contributed by atoms with van der Waals surface area (Å²) in [4.78, 5) is 13.5. The molecule has 23 heavy (non-hydrogen) atoms. The molecule has 6 nitrogen and oxygen atoms in total. The van der Waals surface area contributed by atoms with Crippen LogP contribution in [0, 0.1) is 0 Å². The summed E-state index contributed by atoms with van der Waals surface area (Å²) in [6.45, 7) is 0.171. The number of carbonyl (C=O) groups excluding carboxylic acids is 1. The minimum absolute atomic E-state index is 0.0184. The highest BCUT2D eigenvalue weighted by molar-refractivity contribution is 5.94. The quantitative estimate of drug-likeness (QED) is 0.908. The molecule has 1 fully saturated rings. The van der Waals surface area contributed by atoms with Gasteiger partial charge in [-0.2, -0.15) is 13.2 Å². The van der Waals surface area contributed by atoms with Crippen molar-refractivity contribution in [3.63, 3.8) is 0 Å². The van der Waals surface area contributed by atoms with Gasteiger partial charge in [0.05, 0.1) is 5.56 Å². The molecular weight excluding hydrogens is 311 g/mol. The highest BCUT2D eigenvalue weighted by atomic mass is 19.4. The predicted molar refractivity (Wildman–Crippen MR) is 75.9 cm³/mol. The van der Waals surface area contributed by atoms with Crippen LogP contribution in [-0.2, 0) is 0 Å². The van der Waals surface area contributed by atoms with Gasteiger partial charge in [-0.25, -0.2) is 0 Å². The fourth-order valence-corrected chi connectivity index (χ4v) is 2.91. The van der Waals surface area contributed by atoms with Gasteiger partial charge in [0.2, 0.25) is 0 Å². The maximum atomic E-state index is 12.8. The first-order valence-electron chi connectivity index (χ1n) is 7.22. The molecule has 1 aliphatic rings. The Balaban J connectivity index is 1.64. The van der Waals surface area contributed by atoms with Gasteiger partial charge in [-0.15, -0.1) is 10.2 Å². The molecule has 0 unspecified atom stereocenters. The first kappa shape index (κ1) is 15.7. The fourth-order valence-electron chi connectivity index (χ4n) is 2.91. The third-order valence-electron chi connectivity index (χ3n) is 4.10. The summed E-state index contributed by atoms with van der Waals surface area (Å²) in [7, 11) is 1.43. The number of piperidine rings is 1. The highest BCUT2D eigenvalue weighted by Gasteiger charge is 2.44. The molecule has 0 aromatic carbocycles. The van der Waals surface area contributed by atoms with E-state index in [0.717, 1.165) is 0 Å². The Morgan fingerprint density at radius 1 is 1.35 bits per heavy atom. The summed E-state index contributed by atoms with van der Waals surface area (Å²) in [6, 6.07) is 1.53. The van der Waals surface area contributed by atoms with E-state index in [4.69, 9.17) is 0 Å². The first-order valence-corrected chi connectivity index (χ1v) is 7.22. The minimum atomic E-state index is -4.23. The molecule has 3 rings (SSSR count). The van der Waals surface area contributed by atoms with Gasteiger partial charge in [0.15, 0.2) is 5.65 Å². The lowest BCUT2D eigenvalue weighted by atomic mass is 9.98. The third-order valence-corrected chi connectivity index (χ3v) is 4.10. The number of aromatic nitrogens is 3. The van der Waals surface area contributed by atoms with Gasteiger partial charge >= 0.3 is 6.18 Å². The van der Waals surface area contributed by atoms with E-state index >= 15 is 0 Å². The molecule has 0 saturated carbocycles. The van der Waals surface area contributed by atoms with Crippen LogP contribution < -0.4 is 5.32 Å². The van der Waals surface area contributed by atoms with E-state index in [0.29, 0.717) is 17.6 Å². The Morgan fingerprint density at radius 3 is 2.83 bits per heavy atom. The molecule has 0 bridgehead atoms. The van der Waals surface area contributed by atoms with Crippen molar-refractivity contribution in [1.29, 1.82) is 0 Å². The molecule has 1 N–H and O–H groups in total. The van der Waals surface area contributed by atoms with E-state index in [1.54, 1.807) is 22.7 Å². The number of carbonyl (C=O) groups is 1. The Labute approximate surface area is 130 Å². The lowest BCUT2D eigenvalue weighted by Crippen LogP contribution is -2.54. The number of amides is 1. The van der Waals surface area contributed by atoms with Gasteiger partial charge < -0.3 is 5.32 Å². The summed E-state index contributed by atoms with van der Waals surface area (Å²) < 4.78 is 40.1. The number of likely N-dealkylation sites (N-methyl/N-ethyl adjacent to an activating group) is 1. The number of nitrogens with zero attached hydrogens (tertiary/aromatic N) is 4. The SMILES string of the molecule is CN1C[C@H](NC(=O)c2ccc3nncn3c2)CC[C@@H]1C(F)(F)F. The normalized spacial score (nSPS) is 23.1. The molecule has 3 heterocycles. The summed E-state index contributed by atoms with van der Waals surface area (Å²) in [5.74, 6) is -0.315. The Kier molecular flexibility index (Phi) is 3.97. The van der Waals surface area contributed by atoms with Gasteiger partial charge in [-0.1, -0.05) is 0 Å². The number of likely N-dealkylation sites (tertiary alicyclic amines) is 1. The van der Waals surface area contributed by atoms with Crippen LogP contribution in [0.25, 0.3) is 5.65 Å². The van der Waals surface area contributed by atoms with Crippen molar-refractivity contribution >= 4 is 11.6 Å². The molecule has 1 aliphatic heterocycles. The van der Waals surface area contributed by atoms with Crippen LogP contribution in [0.5, 0.6) is 0 Å². The monoisotopic (exact) mass is 327 g/mol. The average Bonchev–Trinajstić information content (AvgIpc) is 2.93. The van der Waals surface area contributed by atoms with Gasteiger partial charge in [-0.05, 0) is 32.0 Å². The summed E-state index contributed by atoms with van der Waals surface area (Å²) in [6.07, 6.45) is -0.877. The van der Waals surface area contributed by atoms with Crippen molar-refractivity contribution in [2.24, 2.45) is 0 Å². The van der Waals surface area contributed by atoms with E-state index in [1.165, 1.54) is 18.3 Å². The number of pyridine rings is 1.